The molecule has 0 aliphatic heterocycles. The van der Waals surface area contributed by atoms with Crippen LogP contribution in [0, 0.1) is 10.1 Å². The van der Waals surface area contributed by atoms with Crippen molar-refractivity contribution in [3.8, 4) is 11.5 Å². The van der Waals surface area contributed by atoms with Gasteiger partial charge < -0.3 is 15.2 Å². The second kappa shape index (κ2) is 5.47. The van der Waals surface area contributed by atoms with E-state index in [9.17, 15) is 10.1 Å². The molecule has 0 saturated heterocycles. The molecule has 0 aliphatic carbocycles. The van der Waals surface area contributed by atoms with Crippen LogP contribution < -0.4 is 15.2 Å². The number of hydrogen-bond acceptors (Lipinski definition) is 6. The minimum Gasteiger partial charge on any atom is -0.493 e. The van der Waals surface area contributed by atoms with Crippen LogP contribution in [0.25, 0.3) is 0 Å². The molecule has 1 aromatic carbocycles. The second-order valence-electron chi connectivity index (χ2n) is 3.98. The molecular formula is C12H14N4O4. The second-order valence-corrected chi connectivity index (χ2v) is 3.98. The van der Waals surface area contributed by atoms with Gasteiger partial charge in [0.1, 0.15) is 6.20 Å². The van der Waals surface area contributed by atoms with Gasteiger partial charge in [0.05, 0.1) is 25.7 Å². The molecule has 2 N–H and O–H groups in total. The normalized spacial score (nSPS) is 10.3. The molecule has 20 heavy (non-hydrogen) atoms. The molecule has 1 heterocycles. The quantitative estimate of drug-likeness (QED) is 0.655. The van der Waals surface area contributed by atoms with E-state index in [2.05, 4.69) is 5.10 Å². The Kier molecular flexibility index (Phi) is 3.74. The lowest BCUT2D eigenvalue weighted by Crippen LogP contribution is -2.08. The van der Waals surface area contributed by atoms with Gasteiger partial charge >= 0.3 is 5.69 Å². The lowest BCUT2D eigenvalue weighted by molar-refractivity contribution is -0.384. The highest BCUT2D eigenvalue weighted by Crippen LogP contribution is 2.32. The number of aromatic nitrogens is 2. The number of methoxy groups -OCH3 is 2. The summed E-state index contributed by atoms with van der Waals surface area (Å²) in [4.78, 5) is 10.2. The number of nitrogens with zero attached hydrogens (tertiary/aromatic N) is 3. The highest BCUT2D eigenvalue weighted by molar-refractivity contribution is 5.52. The van der Waals surface area contributed by atoms with E-state index >= 15 is 0 Å². The Hall–Kier alpha value is -2.77. The fourth-order valence-corrected chi connectivity index (χ4v) is 1.89. The highest BCUT2D eigenvalue weighted by atomic mass is 16.6. The first kappa shape index (κ1) is 13.7. The summed E-state index contributed by atoms with van der Waals surface area (Å²) in [5.41, 5.74) is 6.25. The lowest BCUT2D eigenvalue weighted by Gasteiger charge is -2.12. The molecule has 0 fully saturated rings. The van der Waals surface area contributed by atoms with E-state index in [1.807, 2.05) is 6.07 Å². The summed E-state index contributed by atoms with van der Waals surface area (Å²) >= 11 is 0. The van der Waals surface area contributed by atoms with Gasteiger partial charge in [0, 0.05) is 5.56 Å². The molecule has 0 radical (unpaired) electrons. The monoisotopic (exact) mass is 278 g/mol. The molecule has 1 aromatic heterocycles. The molecule has 8 heteroatoms. The first-order valence-corrected chi connectivity index (χ1v) is 5.74. The van der Waals surface area contributed by atoms with E-state index in [1.54, 1.807) is 12.1 Å². The number of nitro groups is 1. The molecule has 0 saturated carbocycles. The summed E-state index contributed by atoms with van der Waals surface area (Å²) in [7, 11) is 3.06. The Bertz CT molecular complexity index is 638. The van der Waals surface area contributed by atoms with Gasteiger partial charge in [0.2, 0.25) is 5.82 Å². The van der Waals surface area contributed by atoms with E-state index < -0.39 is 4.92 Å². The van der Waals surface area contributed by atoms with Gasteiger partial charge in [0.15, 0.2) is 11.5 Å². The molecule has 0 unspecified atom stereocenters. The van der Waals surface area contributed by atoms with Crippen LogP contribution in [0.5, 0.6) is 11.5 Å². The smallest absolute Gasteiger partial charge is 0.330 e. The molecular weight excluding hydrogens is 264 g/mol. The summed E-state index contributed by atoms with van der Waals surface area (Å²) in [5.74, 6) is 1.12. The van der Waals surface area contributed by atoms with Gasteiger partial charge in [-0.2, -0.15) is 5.10 Å². The van der Waals surface area contributed by atoms with Crippen molar-refractivity contribution in [1.82, 2.24) is 9.78 Å². The van der Waals surface area contributed by atoms with Crippen molar-refractivity contribution in [2.45, 2.75) is 6.54 Å². The van der Waals surface area contributed by atoms with Crippen LogP contribution in [-0.2, 0) is 6.54 Å². The number of benzene rings is 1. The van der Waals surface area contributed by atoms with Crippen molar-refractivity contribution < 1.29 is 14.4 Å². The summed E-state index contributed by atoms with van der Waals surface area (Å²) in [6.45, 7) is 0.250. The first-order chi connectivity index (χ1) is 9.58. The molecule has 0 aliphatic rings. The summed E-state index contributed by atoms with van der Waals surface area (Å²) < 4.78 is 11.8. The molecule has 2 aromatic rings. The number of anilines is 1. The Balaban J connectivity index is 2.38. The molecule has 0 amide bonds. The van der Waals surface area contributed by atoms with Gasteiger partial charge in [-0.15, -0.1) is 0 Å². The predicted molar refractivity (Wildman–Crippen MR) is 71.9 cm³/mol. The van der Waals surface area contributed by atoms with Gasteiger partial charge in [-0.1, -0.05) is 12.1 Å². The van der Waals surface area contributed by atoms with Crippen LogP contribution in [0.3, 0.4) is 0 Å². The fraction of sp³-hybridized carbons (Fsp3) is 0.250. The van der Waals surface area contributed by atoms with Crippen molar-refractivity contribution in [3.63, 3.8) is 0 Å². The number of para-hydroxylation sites is 1. The van der Waals surface area contributed by atoms with Gasteiger partial charge in [-0.25, -0.2) is 4.68 Å². The largest absolute Gasteiger partial charge is 0.493 e. The van der Waals surface area contributed by atoms with E-state index in [1.165, 1.54) is 18.9 Å². The standard InChI is InChI=1S/C12H14N4O4/c1-19-10-5-3-4-8(11(10)20-2)7-15-12(13)9(6-14-15)16(17)18/h3-6H,7,13H2,1-2H3. The molecule has 106 valence electrons. The Morgan fingerprint density at radius 2 is 2.15 bits per heavy atom. The van der Waals surface area contributed by atoms with Crippen molar-refractivity contribution in [1.29, 1.82) is 0 Å². The molecule has 0 atom stereocenters. The van der Waals surface area contributed by atoms with E-state index in [0.29, 0.717) is 11.5 Å². The predicted octanol–water partition coefficient (Wildman–Crippen LogP) is 1.44. The number of nitrogen functional groups attached to an aromatic ring is 1. The topological polar surface area (TPSA) is 105 Å². The SMILES string of the molecule is COc1cccc(Cn2ncc([N+](=O)[O-])c2N)c1OC. The number of nitrogens with two attached hydrogens (primary N) is 1. The third kappa shape index (κ3) is 2.35. The van der Waals surface area contributed by atoms with E-state index in [-0.39, 0.29) is 18.1 Å². The van der Waals surface area contributed by atoms with Gasteiger partial charge in [-0.05, 0) is 6.07 Å². The maximum absolute atomic E-state index is 10.7. The van der Waals surface area contributed by atoms with Crippen LogP contribution in [0.1, 0.15) is 5.56 Å². The minimum absolute atomic E-state index is 0.000118. The van der Waals surface area contributed by atoms with Crippen LogP contribution in [0.2, 0.25) is 0 Å². The third-order valence-corrected chi connectivity index (χ3v) is 2.86. The van der Waals surface area contributed by atoms with Crippen LogP contribution in [0.15, 0.2) is 24.4 Å². The lowest BCUT2D eigenvalue weighted by atomic mass is 10.2. The van der Waals surface area contributed by atoms with E-state index in [0.717, 1.165) is 11.8 Å². The fourth-order valence-electron chi connectivity index (χ4n) is 1.89. The zero-order valence-electron chi connectivity index (χ0n) is 11.1. The Morgan fingerprint density at radius 1 is 1.40 bits per heavy atom. The average Bonchev–Trinajstić information content (AvgIpc) is 2.80. The highest BCUT2D eigenvalue weighted by Gasteiger charge is 2.19. The third-order valence-electron chi connectivity index (χ3n) is 2.86. The molecule has 8 nitrogen and oxygen atoms in total. The van der Waals surface area contributed by atoms with Crippen molar-refractivity contribution >= 4 is 11.5 Å². The zero-order chi connectivity index (χ0) is 14.7. The maximum Gasteiger partial charge on any atom is 0.330 e. The Morgan fingerprint density at radius 3 is 2.70 bits per heavy atom. The number of rotatable bonds is 5. The molecule has 0 spiro atoms. The minimum atomic E-state index is -0.568. The van der Waals surface area contributed by atoms with Crippen molar-refractivity contribution in [2.75, 3.05) is 20.0 Å². The summed E-state index contributed by atoms with van der Waals surface area (Å²) in [6, 6.07) is 5.37. The van der Waals surface area contributed by atoms with Crippen LogP contribution in [-0.4, -0.2) is 28.9 Å². The molecule has 0 bridgehead atoms. The molecule has 2 rings (SSSR count). The average molecular weight is 278 g/mol. The summed E-state index contributed by atoms with van der Waals surface area (Å²) in [5, 5.41) is 14.7. The Labute approximate surface area is 114 Å². The number of ether oxygens (including phenoxy) is 2. The first-order valence-electron chi connectivity index (χ1n) is 5.74. The summed E-state index contributed by atoms with van der Waals surface area (Å²) in [6.07, 6.45) is 1.13. The van der Waals surface area contributed by atoms with Crippen molar-refractivity contribution in [3.05, 3.63) is 40.1 Å². The van der Waals surface area contributed by atoms with Crippen LogP contribution >= 0.6 is 0 Å². The van der Waals surface area contributed by atoms with Crippen molar-refractivity contribution in [2.24, 2.45) is 0 Å². The zero-order valence-corrected chi connectivity index (χ0v) is 11.1. The number of hydrogen-bond donors (Lipinski definition) is 1. The van der Waals surface area contributed by atoms with Gasteiger partial charge in [-0.3, -0.25) is 10.1 Å². The van der Waals surface area contributed by atoms with E-state index in [4.69, 9.17) is 15.2 Å². The maximum atomic E-state index is 10.7. The van der Waals surface area contributed by atoms with Gasteiger partial charge in [0.25, 0.3) is 0 Å². The van der Waals surface area contributed by atoms with Crippen LogP contribution in [0.4, 0.5) is 11.5 Å².